The van der Waals surface area contributed by atoms with Gasteiger partial charge in [-0.25, -0.2) is 18.3 Å². The molecule has 2 rings (SSSR count). The Hall–Kier alpha value is -2.24. The highest BCUT2D eigenvalue weighted by molar-refractivity contribution is 5.87. The predicted molar refractivity (Wildman–Crippen MR) is 65.0 cm³/mol. The molecule has 1 N–H and O–H groups in total. The number of benzene rings is 1. The third-order valence-corrected chi connectivity index (χ3v) is 2.92. The summed E-state index contributed by atoms with van der Waals surface area (Å²) in [4.78, 5) is 10.7. The molecule has 0 unspecified atom stereocenters. The van der Waals surface area contributed by atoms with Gasteiger partial charge in [0.2, 0.25) is 0 Å². The van der Waals surface area contributed by atoms with Crippen molar-refractivity contribution in [2.24, 2.45) is 0 Å². The fraction of sp³-hybridized carbons (Fsp3) is 0.231. The molecule has 1 aromatic heterocycles. The standard InChI is InChI=1S/C13H12F2N2O2/c1-7-11(12(14)15)8(2)17(16-7)10-5-3-9(4-6-10)13(18)19/h3-6,12H,1-2H3,(H,18,19). The number of hydrogen-bond donors (Lipinski definition) is 1. The summed E-state index contributed by atoms with van der Waals surface area (Å²) in [5, 5.41) is 12.9. The lowest BCUT2D eigenvalue weighted by atomic mass is 10.2. The van der Waals surface area contributed by atoms with E-state index in [1.165, 1.54) is 35.9 Å². The van der Waals surface area contributed by atoms with Crippen molar-refractivity contribution in [2.45, 2.75) is 20.3 Å². The molecule has 0 saturated carbocycles. The van der Waals surface area contributed by atoms with Crippen LogP contribution < -0.4 is 0 Å². The lowest BCUT2D eigenvalue weighted by Gasteiger charge is -2.05. The summed E-state index contributed by atoms with van der Waals surface area (Å²) in [6, 6.07) is 5.91. The minimum absolute atomic E-state index is 0.0812. The number of aromatic nitrogens is 2. The average molecular weight is 266 g/mol. The fourth-order valence-corrected chi connectivity index (χ4v) is 1.97. The van der Waals surface area contributed by atoms with Gasteiger partial charge in [-0.05, 0) is 38.1 Å². The number of carboxylic acid groups (broad SMARTS) is 1. The zero-order chi connectivity index (χ0) is 14.2. The van der Waals surface area contributed by atoms with Crippen LogP contribution in [-0.2, 0) is 0 Å². The molecule has 0 amide bonds. The summed E-state index contributed by atoms with van der Waals surface area (Å²) in [5.41, 5.74) is 1.24. The molecule has 4 nitrogen and oxygen atoms in total. The fourth-order valence-electron chi connectivity index (χ4n) is 1.97. The number of carbonyl (C=O) groups is 1. The van der Waals surface area contributed by atoms with E-state index in [-0.39, 0.29) is 16.8 Å². The van der Waals surface area contributed by atoms with Gasteiger partial charge in [0.1, 0.15) is 0 Å². The lowest BCUT2D eigenvalue weighted by molar-refractivity contribution is 0.0697. The number of alkyl halides is 2. The summed E-state index contributed by atoms with van der Waals surface area (Å²) in [5.74, 6) is -1.03. The minimum atomic E-state index is -2.58. The molecule has 0 radical (unpaired) electrons. The molecular formula is C13H12F2N2O2. The molecule has 19 heavy (non-hydrogen) atoms. The second-order valence-corrected chi connectivity index (χ2v) is 4.15. The van der Waals surface area contributed by atoms with Crippen molar-refractivity contribution < 1.29 is 18.7 Å². The topological polar surface area (TPSA) is 55.1 Å². The van der Waals surface area contributed by atoms with Crippen molar-refractivity contribution in [3.63, 3.8) is 0 Å². The predicted octanol–water partition coefficient (Wildman–Crippen LogP) is 3.12. The molecule has 0 saturated heterocycles. The minimum Gasteiger partial charge on any atom is -0.478 e. The van der Waals surface area contributed by atoms with Gasteiger partial charge in [0.05, 0.1) is 28.2 Å². The molecule has 0 fully saturated rings. The summed E-state index contributed by atoms with van der Waals surface area (Å²) in [6.07, 6.45) is -2.58. The van der Waals surface area contributed by atoms with E-state index in [9.17, 15) is 13.6 Å². The SMILES string of the molecule is Cc1nn(-c2ccc(C(=O)O)cc2)c(C)c1C(F)F. The van der Waals surface area contributed by atoms with Gasteiger partial charge in [0, 0.05) is 0 Å². The van der Waals surface area contributed by atoms with Gasteiger partial charge in [-0.3, -0.25) is 0 Å². The van der Waals surface area contributed by atoms with Crippen LogP contribution in [0.15, 0.2) is 24.3 Å². The van der Waals surface area contributed by atoms with Crippen LogP contribution in [0.3, 0.4) is 0 Å². The molecule has 0 bridgehead atoms. The summed E-state index contributed by atoms with van der Waals surface area (Å²) < 4.78 is 27.1. The Balaban J connectivity index is 2.48. The van der Waals surface area contributed by atoms with Crippen LogP contribution in [-0.4, -0.2) is 20.9 Å². The van der Waals surface area contributed by atoms with E-state index in [2.05, 4.69) is 5.10 Å². The van der Waals surface area contributed by atoms with E-state index in [1.807, 2.05) is 0 Å². The second kappa shape index (κ2) is 4.79. The number of hydrogen-bond acceptors (Lipinski definition) is 2. The average Bonchev–Trinajstić information content (AvgIpc) is 2.65. The van der Waals surface area contributed by atoms with Gasteiger partial charge in [0.15, 0.2) is 0 Å². The maximum atomic E-state index is 12.9. The van der Waals surface area contributed by atoms with Crippen molar-refractivity contribution in [2.75, 3.05) is 0 Å². The monoisotopic (exact) mass is 266 g/mol. The van der Waals surface area contributed by atoms with Crippen molar-refractivity contribution in [3.8, 4) is 5.69 Å². The molecule has 0 aliphatic heterocycles. The van der Waals surface area contributed by atoms with E-state index in [0.29, 0.717) is 11.4 Å². The number of rotatable bonds is 3. The van der Waals surface area contributed by atoms with Crippen molar-refractivity contribution in [1.29, 1.82) is 0 Å². The molecule has 2 aromatic rings. The highest BCUT2D eigenvalue weighted by Crippen LogP contribution is 2.27. The van der Waals surface area contributed by atoms with Crippen LogP contribution in [0.2, 0.25) is 0 Å². The molecular weight excluding hydrogens is 254 g/mol. The third kappa shape index (κ3) is 2.33. The van der Waals surface area contributed by atoms with Crippen LogP contribution in [0.5, 0.6) is 0 Å². The third-order valence-electron chi connectivity index (χ3n) is 2.92. The van der Waals surface area contributed by atoms with Crippen molar-refractivity contribution in [1.82, 2.24) is 9.78 Å². The number of aromatic carboxylic acids is 1. The van der Waals surface area contributed by atoms with Crippen molar-refractivity contribution >= 4 is 5.97 Å². The zero-order valence-corrected chi connectivity index (χ0v) is 10.4. The number of halogens is 2. The first kappa shape index (κ1) is 13.2. The highest BCUT2D eigenvalue weighted by atomic mass is 19.3. The molecule has 0 aliphatic rings. The van der Waals surface area contributed by atoms with Crippen LogP contribution in [0.1, 0.15) is 33.7 Å². The van der Waals surface area contributed by atoms with Gasteiger partial charge < -0.3 is 5.11 Å². The Morgan fingerprint density at radius 2 is 1.84 bits per heavy atom. The summed E-state index contributed by atoms with van der Waals surface area (Å²) in [6.45, 7) is 3.09. The van der Waals surface area contributed by atoms with Gasteiger partial charge in [-0.15, -0.1) is 0 Å². The van der Waals surface area contributed by atoms with E-state index in [0.717, 1.165) is 0 Å². The first-order chi connectivity index (χ1) is 8.91. The summed E-state index contributed by atoms with van der Waals surface area (Å²) in [7, 11) is 0. The van der Waals surface area contributed by atoms with Crippen LogP contribution in [0.4, 0.5) is 8.78 Å². The Morgan fingerprint density at radius 3 is 2.26 bits per heavy atom. The van der Waals surface area contributed by atoms with Crippen LogP contribution in [0.25, 0.3) is 5.69 Å². The van der Waals surface area contributed by atoms with Crippen molar-refractivity contribution in [3.05, 3.63) is 46.8 Å². The normalized spacial score (nSPS) is 11.0. The maximum absolute atomic E-state index is 12.9. The Labute approximate surface area is 108 Å². The number of carboxylic acids is 1. The molecule has 0 atom stereocenters. The van der Waals surface area contributed by atoms with E-state index >= 15 is 0 Å². The molecule has 100 valence electrons. The van der Waals surface area contributed by atoms with E-state index in [4.69, 9.17) is 5.11 Å². The highest BCUT2D eigenvalue weighted by Gasteiger charge is 2.20. The Kier molecular flexibility index (Phi) is 3.33. The van der Waals surface area contributed by atoms with Gasteiger partial charge >= 0.3 is 5.97 Å². The van der Waals surface area contributed by atoms with Gasteiger partial charge in [-0.1, -0.05) is 0 Å². The molecule has 6 heteroatoms. The van der Waals surface area contributed by atoms with E-state index < -0.39 is 12.4 Å². The lowest BCUT2D eigenvalue weighted by Crippen LogP contribution is -2.01. The molecule has 1 heterocycles. The zero-order valence-electron chi connectivity index (χ0n) is 10.4. The maximum Gasteiger partial charge on any atom is 0.335 e. The Morgan fingerprint density at radius 1 is 1.26 bits per heavy atom. The molecule has 0 aliphatic carbocycles. The first-order valence-electron chi connectivity index (χ1n) is 5.60. The quantitative estimate of drug-likeness (QED) is 0.928. The molecule has 0 spiro atoms. The smallest absolute Gasteiger partial charge is 0.335 e. The van der Waals surface area contributed by atoms with Gasteiger partial charge in [0.25, 0.3) is 6.43 Å². The van der Waals surface area contributed by atoms with Crippen LogP contribution in [0, 0.1) is 13.8 Å². The van der Waals surface area contributed by atoms with Crippen LogP contribution >= 0.6 is 0 Å². The number of nitrogens with zero attached hydrogens (tertiary/aromatic N) is 2. The number of aryl methyl sites for hydroxylation is 1. The second-order valence-electron chi connectivity index (χ2n) is 4.15. The van der Waals surface area contributed by atoms with E-state index in [1.54, 1.807) is 6.92 Å². The molecule has 1 aromatic carbocycles. The summed E-state index contributed by atoms with van der Waals surface area (Å²) >= 11 is 0. The van der Waals surface area contributed by atoms with Gasteiger partial charge in [-0.2, -0.15) is 5.10 Å². The Bertz CT molecular complexity index is 618. The first-order valence-corrected chi connectivity index (χ1v) is 5.60. The largest absolute Gasteiger partial charge is 0.478 e.